The van der Waals surface area contributed by atoms with Gasteiger partial charge < -0.3 is 0 Å². The van der Waals surface area contributed by atoms with Crippen molar-refractivity contribution < 1.29 is 26.9 Å². The number of halogens is 4. The quantitative estimate of drug-likeness (QED) is 0.593. The summed E-state index contributed by atoms with van der Waals surface area (Å²) in [6.07, 6.45) is 0. The van der Waals surface area contributed by atoms with Gasteiger partial charge in [-0.1, -0.05) is 41.4 Å². The molecule has 2 amide bonds. The van der Waals surface area contributed by atoms with Crippen LogP contribution in [0.3, 0.4) is 0 Å². The maximum atomic E-state index is 12.7. The van der Waals surface area contributed by atoms with Gasteiger partial charge in [0.15, 0.2) is 0 Å². The first-order valence-corrected chi connectivity index (χ1v) is 9.30. The lowest BCUT2D eigenvalue weighted by atomic mass is 10.3. The van der Waals surface area contributed by atoms with Gasteiger partial charge in [0.1, 0.15) is 15.9 Å². The summed E-state index contributed by atoms with van der Waals surface area (Å²) in [7, 11) is -3.91. The highest BCUT2D eigenvalue weighted by atomic mass is 35.5. The van der Waals surface area contributed by atoms with Gasteiger partial charge in [-0.15, -0.1) is 4.48 Å². The molecule has 0 saturated heterocycles. The highest BCUT2D eigenvalue weighted by molar-refractivity contribution is 7.89. The minimum atomic E-state index is -3.91. The second-order valence-corrected chi connectivity index (χ2v) is 7.33. The minimum absolute atomic E-state index is 0.0810. The average molecular weight is 435 g/mol. The molecule has 6 nitrogen and oxygen atoms in total. The van der Waals surface area contributed by atoms with Crippen molar-refractivity contribution in [1.82, 2.24) is 4.94 Å². The van der Waals surface area contributed by atoms with Gasteiger partial charge in [-0.05, 0) is 41.3 Å². The molecule has 27 heavy (non-hydrogen) atoms. The van der Waals surface area contributed by atoms with Gasteiger partial charge in [0.05, 0.1) is 10.6 Å². The normalized spacial score (nSPS) is 14.3. The molecule has 2 aromatic rings. The summed E-state index contributed by atoms with van der Waals surface area (Å²) < 4.78 is 45.7. The average Bonchev–Trinajstić information content (AvgIpc) is 2.87. The number of anilines is 1. The Labute approximate surface area is 163 Å². The molecule has 142 valence electrons. The van der Waals surface area contributed by atoms with Gasteiger partial charge in [0, 0.05) is 0 Å². The Balaban J connectivity index is 0.000000208. The van der Waals surface area contributed by atoms with E-state index < -0.39 is 27.7 Å². The molecule has 1 aliphatic heterocycles. The number of carbonyl (C=O) groups is 2. The van der Waals surface area contributed by atoms with Crippen LogP contribution in [0, 0.1) is 5.82 Å². The number of carbonyl (C=O) groups excluding carboxylic acids is 2. The Morgan fingerprint density at radius 1 is 0.852 bits per heavy atom. The standard InChI is InChI=1S/C10H4Cl2FNO2.C6H6FNO2S/c11-7-8(12)10(16)14(9(7)15)6-3-1-5(13)2-4-6;7-8-11(9,10)6-4-2-1-3-5-6/h1-4H;1-5,8H. The van der Waals surface area contributed by atoms with Crippen LogP contribution in [0.2, 0.25) is 0 Å². The lowest BCUT2D eigenvalue weighted by Crippen LogP contribution is -2.30. The first-order valence-electron chi connectivity index (χ1n) is 7.06. The van der Waals surface area contributed by atoms with Crippen LogP contribution in [0.5, 0.6) is 0 Å². The van der Waals surface area contributed by atoms with Gasteiger partial charge in [0.25, 0.3) is 21.8 Å². The summed E-state index contributed by atoms with van der Waals surface area (Å²) in [6, 6.07) is 12.2. The maximum Gasteiger partial charge on any atom is 0.278 e. The van der Waals surface area contributed by atoms with E-state index in [-0.39, 0.29) is 20.6 Å². The molecule has 0 radical (unpaired) electrons. The van der Waals surface area contributed by atoms with E-state index in [4.69, 9.17) is 23.2 Å². The third-order valence-electron chi connectivity index (χ3n) is 3.21. The van der Waals surface area contributed by atoms with E-state index in [1.165, 1.54) is 36.4 Å². The molecule has 11 heteroatoms. The molecule has 3 rings (SSSR count). The summed E-state index contributed by atoms with van der Waals surface area (Å²) in [5.74, 6) is -1.88. The largest absolute Gasteiger partial charge is 0.278 e. The number of nitrogens with one attached hydrogen (secondary N) is 1. The van der Waals surface area contributed by atoms with Crippen molar-refractivity contribution in [2.75, 3.05) is 4.90 Å². The summed E-state index contributed by atoms with van der Waals surface area (Å²) >= 11 is 11.1. The summed E-state index contributed by atoms with van der Waals surface area (Å²) in [5.41, 5.74) is 0.227. The Hall–Kier alpha value is -2.33. The molecule has 1 heterocycles. The van der Waals surface area contributed by atoms with Crippen LogP contribution in [0.4, 0.5) is 14.6 Å². The zero-order chi connectivity index (χ0) is 20.2. The third kappa shape index (κ3) is 4.69. The van der Waals surface area contributed by atoms with Crippen LogP contribution in [0.15, 0.2) is 69.6 Å². The van der Waals surface area contributed by atoms with Crippen LogP contribution in [0.25, 0.3) is 0 Å². The van der Waals surface area contributed by atoms with Crippen LogP contribution < -0.4 is 9.84 Å². The Bertz CT molecular complexity index is 973. The summed E-state index contributed by atoms with van der Waals surface area (Å²) in [5, 5.41) is -0.646. The van der Waals surface area contributed by atoms with Crippen molar-refractivity contribution in [2.45, 2.75) is 4.90 Å². The van der Waals surface area contributed by atoms with Crippen LogP contribution in [0.1, 0.15) is 0 Å². The number of hydrogen-bond acceptors (Lipinski definition) is 4. The van der Waals surface area contributed by atoms with Crippen LogP contribution in [-0.4, -0.2) is 20.2 Å². The van der Waals surface area contributed by atoms with Crippen LogP contribution in [-0.2, 0) is 19.6 Å². The number of benzene rings is 2. The second-order valence-electron chi connectivity index (χ2n) is 4.94. The topological polar surface area (TPSA) is 83.6 Å². The molecule has 1 N–H and O–H groups in total. The van der Waals surface area contributed by atoms with Crippen molar-refractivity contribution >= 4 is 50.7 Å². The predicted octanol–water partition coefficient (Wildman–Crippen LogP) is 3.24. The molecule has 2 aromatic carbocycles. The SMILES string of the molecule is O=C1C(Cl)=C(Cl)C(=O)N1c1ccc(F)cc1.O=S(=O)(NF)c1ccccc1. The molecular weight excluding hydrogens is 425 g/mol. The molecule has 0 spiro atoms. The second kappa shape index (κ2) is 8.57. The van der Waals surface area contributed by atoms with E-state index in [9.17, 15) is 26.9 Å². The smallest absolute Gasteiger partial charge is 0.267 e. The van der Waals surface area contributed by atoms with Gasteiger partial charge in [-0.2, -0.15) is 0 Å². The molecule has 0 bridgehead atoms. The fourth-order valence-electron chi connectivity index (χ4n) is 1.95. The number of imide groups is 1. The van der Waals surface area contributed by atoms with Gasteiger partial charge in [-0.25, -0.2) is 17.7 Å². The lowest BCUT2D eigenvalue weighted by molar-refractivity contribution is -0.120. The molecule has 0 unspecified atom stereocenters. The maximum absolute atomic E-state index is 12.7. The molecule has 0 saturated carbocycles. The van der Waals surface area contributed by atoms with Crippen molar-refractivity contribution in [3.05, 3.63) is 70.5 Å². The Morgan fingerprint density at radius 3 is 1.78 bits per heavy atom. The van der Waals surface area contributed by atoms with E-state index in [1.807, 2.05) is 0 Å². The van der Waals surface area contributed by atoms with Crippen molar-refractivity contribution in [3.63, 3.8) is 0 Å². The monoisotopic (exact) mass is 434 g/mol. The first kappa shape index (κ1) is 21.0. The van der Waals surface area contributed by atoms with Gasteiger partial charge in [0.2, 0.25) is 0 Å². The van der Waals surface area contributed by atoms with Crippen molar-refractivity contribution in [1.29, 1.82) is 0 Å². The summed E-state index contributed by atoms with van der Waals surface area (Å²) in [4.78, 5) is 24.5. The summed E-state index contributed by atoms with van der Waals surface area (Å²) in [6.45, 7) is 0. The number of nitrogens with zero attached hydrogens (tertiary/aromatic N) is 1. The molecule has 1 aliphatic rings. The fourth-order valence-corrected chi connectivity index (χ4v) is 2.88. The number of sulfonamides is 1. The molecule has 0 aromatic heterocycles. The van der Waals surface area contributed by atoms with Gasteiger partial charge in [-0.3, -0.25) is 9.59 Å². The zero-order valence-electron chi connectivity index (χ0n) is 13.2. The number of hydrogen-bond donors (Lipinski definition) is 1. The van der Waals surface area contributed by atoms with E-state index in [0.29, 0.717) is 0 Å². The van der Waals surface area contributed by atoms with E-state index in [1.54, 1.807) is 6.07 Å². The molecule has 0 atom stereocenters. The van der Waals surface area contributed by atoms with Crippen LogP contribution >= 0.6 is 23.2 Å². The van der Waals surface area contributed by atoms with E-state index in [0.717, 1.165) is 22.0 Å². The highest BCUT2D eigenvalue weighted by Gasteiger charge is 2.37. The Morgan fingerprint density at radius 2 is 1.33 bits per heavy atom. The highest BCUT2D eigenvalue weighted by Crippen LogP contribution is 2.30. The lowest BCUT2D eigenvalue weighted by Gasteiger charge is -2.13. The number of rotatable bonds is 3. The third-order valence-corrected chi connectivity index (χ3v) is 5.11. The van der Waals surface area contributed by atoms with E-state index >= 15 is 0 Å². The molecular formula is C16H10Cl2F2N2O4S. The minimum Gasteiger partial charge on any atom is -0.267 e. The number of amides is 2. The molecule has 0 fully saturated rings. The van der Waals surface area contributed by atoms with Crippen molar-refractivity contribution in [2.24, 2.45) is 0 Å². The van der Waals surface area contributed by atoms with E-state index in [2.05, 4.69) is 0 Å². The first-order chi connectivity index (χ1) is 12.7. The Kier molecular flexibility index (Phi) is 6.66. The van der Waals surface area contributed by atoms with Gasteiger partial charge >= 0.3 is 0 Å². The zero-order valence-corrected chi connectivity index (χ0v) is 15.5. The van der Waals surface area contributed by atoms with Crippen molar-refractivity contribution in [3.8, 4) is 0 Å². The fraction of sp³-hybridized carbons (Fsp3) is 0. The predicted molar refractivity (Wildman–Crippen MR) is 95.5 cm³/mol. The molecule has 0 aliphatic carbocycles.